The Hall–Kier alpha value is -2.37. The fraction of sp³-hybridized carbons (Fsp3) is 0.357. The maximum Gasteiger partial charge on any atom is 0.313 e. The van der Waals surface area contributed by atoms with E-state index in [4.69, 9.17) is 5.73 Å². The van der Waals surface area contributed by atoms with E-state index in [9.17, 15) is 14.4 Å². The summed E-state index contributed by atoms with van der Waals surface area (Å²) < 4.78 is 0. The Labute approximate surface area is 117 Å². The van der Waals surface area contributed by atoms with Crippen LogP contribution in [0.5, 0.6) is 0 Å². The van der Waals surface area contributed by atoms with E-state index in [1.165, 1.54) is 24.3 Å². The Morgan fingerprint density at radius 2 is 1.70 bits per heavy atom. The predicted octanol–water partition coefficient (Wildman–Crippen LogP) is 0.886. The van der Waals surface area contributed by atoms with Gasteiger partial charge in [-0.15, -0.1) is 0 Å². The van der Waals surface area contributed by atoms with Crippen LogP contribution >= 0.6 is 0 Å². The first-order valence-corrected chi connectivity index (χ1v) is 6.39. The van der Waals surface area contributed by atoms with Gasteiger partial charge in [0, 0.05) is 17.8 Å². The van der Waals surface area contributed by atoms with Gasteiger partial charge in [-0.05, 0) is 36.6 Å². The van der Waals surface area contributed by atoms with Crippen LogP contribution in [0, 0.1) is 5.92 Å². The van der Waals surface area contributed by atoms with Crippen LogP contribution in [0.3, 0.4) is 0 Å². The van der Waals surface area contributed by atoms with Gasteiger partial charge in [-0.3, -0.25) is 14.4 Å². The molecule has 108 valence electrons. The number of carbonyl (C=O) groups excluding carboxylic acids is 3. The molecule has 0 aliphatic rings. The lowest BCUT2D eigenvalue weighted by Crippen LogP contribution is -2.36. The smallest absolute Gasteiger partial charge is 0.313 e. The van der Waals surface area contributed by atoms with E-state index < -0.39 is 17.7 Å². The van der Waals surface area contributed by atoms with Crippen molar-refractivity contribution in [2.24, 2.45) is 11.7 Å². The zero-order valence-corrected chi connectivity index (χ0v) is 11.6. The number of carbonyl (C=O) groups is 3. The molecule has 20 heavy (non-hydrogen) atoms. The number of nitrogens with two attached hydrogens (primary N) is 1. The lowest BCUT2D eigenvalue weighted by atomic mass is 10.1. The molecule has 1 rings (SSSR count). The standard InChI is InChI=1S/C14H19N3O3/c1-9(2)7-8-16-13(19)14(20)17-11-5-3-10(4-6-11)12(15)18/h3-6,9H,7-8H2,1-2H3,(H2,15,18)(H,16,19)(H,17,20). The first-order chi connectivity index (χ1) is 9.40. The number of hydrogen-bond donors (Lipinski definition) is 3. The van der Waals surface area contributed by atoms with Crippen LogP contribution in [0.15, 0.2) is 24.3 Å². The maximum atomic E-state index is 11.6. The third-order valence-corrected chi connectivity index (χ3v) is 2.64. The van der Waals surface area contributed by atoms with E-state index in [-0.39, 0.29) is 0 Å². The molecule has 0 saturated heterocycles. The molecule has 1 aromatic carbocycles. The minimum Gasteiger partial charge on any atom is -0.366 e. The number of benzene rings is 1. The Morgan fingerprint density at radius 1 is 1.10 bits per heavy atom. The molecule has 0 fully saturated rings. The second-order valence-electron chi connectivity index (χ2n) is 4.83. The van der Waals surface area contributed by atoms with Gasteiger partial charge in [0.1, 0.15) is 0 Å². The third kappa shape index (κ3) is 5.09. The lowest BCUT2D eigenvalue weighted by molar-refractivity contribution is -0.136. The van der Waals surface area contributed by atoms with Crippen LogP contribution < -0.4 is 16.4 Å². The Balaban J connectivity index is 2.49. The van der Waals surface area contributed by atoms with Gasteiger partial charge >= 0.3 is 11.8 Å². The van der Waals surface area contributed by atoms with Gasteiger partial charge < -0.3 is 16.4 Å². The first-order valence-electron chi connectivity index (χ1n) is 6.39. The Kier molecular flexibility index (Phi) is 5.71. The van der Waals surface area contributed by atoms with E-state index in [0.717, 1.165) is 6.42 Å². The highest BCUT2D eigenvalue weighted by Crippen LogP contribution is 2.08. The van der Waals surface area contributed by atoms with Crippen molar-refractivity contribution < 1.29 is 14.4 Å². The fourth-order valence-corrected chi connectivity index (χ4v) is 1.46. The van der Waals surface area contributed by atoms with Gasteiger partial charge in [-0.25, -0.2) is 0 Å². The minimum absolute atomic E-state index is 0.337. The molecule has 4 N–H and O–H groups in total. The zero-order valence-electron chi connectivity index (χ0n) is 11.6. The summed E-state index contributed by atoms with van der Waals surface area (Å²) >= 11 is 0. The van der Waals surface area contributed by atoms with E-state index in [2.05, 4.69) is 10.6 Å². The first kappa shape index (κ1) is 15.7. The summed E-state index contributed by atoms with van der Waals surface area (Å²) in [4.78, 5) is 34.0. The third-order valence-electron chi connectivity index (χ3n) is 2.64. The van der Waals surface area contributed by atoms with E-state index in [1.54, 1.807) is 0 Å². The highest BCUT2D eigenvalue weighted by atomic mass is 16.2. The van der Waals surface area contributed by atoms with Crippen molar-refractivity contribution >= 4 is 23.4 Å². The van der Waals surface area contributed by atoms with Crippen molar-refractivity contribution in [2.75, 3.05) is 11.9 Å². The molecule has 0 aromatic heterocycles. The van der Waals surface area contributed by atoms with Crippen molar-refractivity contribution in [1.29, 1.82) is 0 Å². The molecular weight excluding hydrogens is 258 g/mol. The van der Waals surface area contributed by atoms with Gasteiger partial charge in [0.25, 0.3) is 0 Å². The summed E-state index contributed by atoms with van der Waals surface area (Å²) in [5.74, 6) is -1.50. The van der Waals surface area contributed by atoms with Gasteiger partial charge in [0.05, 0.1) is 0 Å². The summed E-state index contributed by atoms with van der Waals surface area (Å²) in [6.45, 7) is 4.53. The number of primary amides is 1. The van der Waals surface area contributed by atoms with Crippen LogP contribution in [0.1, 0.15) is 30.6 Å². The molecule has 6 nitrogen and oxygen atoms in total. The van der Waals surface area contributed by atoms with E-state index >= 15 is 0 Å². The molecule has 0 spiro atoms. The van der Waals surface area contributed by atoms with Gasteiger partial charge in [-0.2, -0.15) is 0 Å². The zero-order chi connectivity index (χ0) is 15.1. The quantitative estimate of drug-likeness (QED) is 0.696. The normalized spacial score (nSPS) is 10.2. The molecular formula is C14H19N3O3. The van der Waals surface area contributed by atoms with Crippen molar-refractivity contribution in [1.82, 2.24) is 5.32 Å². The second-order valence-corrected chi connectivity index (χ2v) is 4.83. The molecule has 0 radical (unpaired) electrons. The highest BCUT2D eigenvalue weighted by Gasteiger charge is 2.13. The molecule has 0 unspecified atom stereocenters. The second kappa shape index (κ2) is 7.28. The summed E-state index contributed by atoms with van der Waals surface area (Å²) in [6, 6.07) is 5.99. The van der Waals surface area contributed by atoms with Gasteiger partial charge in [0.2, 0.25) is 5.91 Å². The number of hydrogen-bond acceptors (Lipinski definition) is 3. The van der Waals surface area contributed by atoms with Crippen LogP contribution in [-0.2, 0) is 9.59 Å². The number of amides is 3. The Morgan fingerprint density at radius 3 is 2.20 bits per heavy atom. The van der Waals surface area contributed by atoms with Gasteiger partial charge in [-0.1, -0.05) is 13.8 Å². The average Bonchev–Trinajstić information content (AvgIpc) is 2.38. The highest BCUT2D eigenvalue weighted by molar-refractivity contribution is 6.39. The summed E-state index contributed by atoms with van der Waals surface area (Å²) in [7, 11) is 0. The molecule has 0 aliphatic heterocycles. The van der Waals surface area contributed by atoms with Crippen molar-refractivity contribution in [3.63, 3.8) is 0 Å². The van der Waals surface area contributed by atoms with E-state index in [0.29, 0.717) is 23.7 Å². The predicted molar refractivity (Wildman–Crippen MR) is 76.1 cm³/mol. The maximum absolute atomic E-state index is 11.6. The molecule has 3 amide bonds. The van der Waals surface area contributed by atoms with E-state index in [1.807, 2.05) is 13.8 Å². The summed E-state index contributed by atoms with van der Waals surface area (Å²) in [5.41, 5.74) is 5.87. The van der Waals surface area contributed by atoms with Crippen LogP contribution in [0.2, 0.25) is 0 Å². The molecule has 6 heteroatoms. The monoisotopic (exact) mass is 277 g/mol. The minimum atomic E-state index is -0.736. The van der Waals surface area contributed by atoms with Crippen LogP contribution in [0.4, 0.5) is 5.69 Å². The van der Waals surface area contributed by atoms with Crippen LogP contribution in [-0.4, -0.2) is 24.3 Å². The average molecular weight is 277 g/mol. The Bertz CT molecular complexity index is 495. The number of nitrogens with one attached hydrogen (secondary N) is 2. The van der Waals surface area contributed by atoms with Crippen LogP contribution in [0.25, 0.3) is 0 Å². The van der Waals surface area contributed by atoms with Crippen molar-refractivity contribution in [3.8, 4) is 0 Å². The molecule has 0 atom stereocenters. The summed E-state index contributed by atoms with van der Waals surface area (Å²) in [5, 5.41) is 4.98. The molecule has 0 heterocycles. The van der Waals surface area contributed by atoms with Crippen molar-refractivity contribution in [2.45, 2.75) is 20.3 Å². The molecule has 0 saturated carbocycles. The van der Waals surface area contributed by atoms with Gasteiger partial charge in [0.15, 0.2) is 0 Å². The SMILES string of the molecule is CC(C)CCNC(=O)C(=O)Nc1ccc(C(N)=O)cc1. The number of anilines is 1. The topological polar surface area (TPSA) is 101 Å². The fourth-order valence-electron chi connectivity index (χ4n) is 1.46. The molecule has 1 aromatic rings. The lowest BCUT2D eigenvalue weighted by Gasteiger charge is -2.08. The number of rotatable bonds is 5. The summed E-state index contributed by atoms with van der Waals surface area (Å²) in [6.07, 6.45) is 0.812. The molecule has 0 aliphatic carbocycles. The molecule has 0 bridgehead atoms. The largest absolute Gasteiger partial charge is 0.366 e. The van der Waals surface area contributed by atoms with Crippen molar-refractivity contribution in [3.05, 3.63) is 29.8 Å².